The average molecular weight is 338 g/mol. The number of hydrogen-bond acceptors (Lipinski definition) is 6. The van der Waals surface area contributed by atoms with E-state index in [0.717, 1.165) is 19.4 Å². The Balaban J connectivity index is 1.74. The van der Waals surface area contributed by atoms with Gasteiger partial charge in [0.05, 0.1) is 12.6 Å². The van der Waals surface area contributed by atoms with Crippen LogP contribution in [0.5, 0.6) is 0 Å². The third-order valence-electron chi connectivity index (χ3n) is 4.18. The molecule has 0 saturated carbocycles. The van der Waals surface area contributed by atoms with Crippen LogP contribution >= 0.6 is 0 Å². The van der Waals surface area contributed by atoms with Crippen molar-refractivity contribution < 1.29 is 12.9 Å². The van der Waals surface area contributed by atoms with E-state index in [2.05, 4.69) is 45.0 Å². The minimum Gasteiger partial charge on any atom is -0.353 e. The molecule has 1 saturated heterocycles. The molecule has 0 aromatic carbocycles. The molecule has 1 unspecified atom stereocenters. The second-order valence-corrected chi connectivity index (χ2v) is 8.34. The highest BCUT2D eigenvalue weighted by molar-refractivity contribution is 7.89. The van der Waals surface area contributed by atoms with Gasteiger partial charge in [0.2, 0.25) is 5.89 Å². The molecule has 23 heavy (non-hydrogen) atoms. The van der Waals surface area contributed by atoms with Gasteiger partial charge in [0, 0.05) is 25.2 Å². The molecule has 0 amide bonds. The van der Waals surface area contributed by atoms with Crippen LogP contribution in [0.4, 0.5) is 0 Å². The fraction of sp³-hybridized carbons (Fsp3) is 0.600. The molecule has 2 aromatic heterocycles. The summed E-state index contributed by atoms with van der Waals surface area (Å²) in [5, 5.41) is 3.78. The summed E-state index contributed by atoms with van der Waals surface area (Å²) in [5.74, 6) is 0.525. The van der Waals surface area contributed by atoms with Gasteiger partial charge in [-0.15, -0.1) is 0 Å². The molecule has 0 bridgehead atoms. The Labute approximate surface area is 136 Å². The second kappa shape index (κ2) is 6.45. The quantitative estimate of drug-likeness (QED) is 0.825. The lowest BCUT2D eigenvalue weighted by atomic mass is 9.99. The molecular weight excluding hydrogens is 316 g/mol. The minimum atomic E-state index is -3.15. The standard InChI is InChI=1S/C15H22N4O3S/c1-18-8-5-7-12(18)13-6-3-4-9-19(13)10-15-16-14(17-22-15)11-23(2,20)21/h5,7-8,13H,3-4,6,9-11H2,1-2H3. The van der Waals surface area contributed by atoms with Crippen LogP contribution in [0.15, 0.2) is 22.9 Å². The van der Waals surface area contributed by atoms with Crippen molar-refractivity contribution in [2.75, 3.05) is 12.8 Å². The van der Waals surface area contributed by atoms with Crippen molar-refractivity contribution in [3.8, 4) is 0 Å². The van der Waals surface area contributed by atoms with Gasteiger partial charge in [-0.05, 0) is 31.5 Å². The fourth-order valence-corrected chi connectivity index (χ4v) is 3.74. The van der Waals surface area contributed by atoms with Crippen LogP contribution in [0, 0.1) is 0 Å². The van der Waals surface area contributed by atoms with Gasteiger partial charge < -0.3 is 9.09 Å². The van der Waals surface area contributed by atoms with Gasteiger partial charge in [-0.3, -0.25) is 4.90 Å². The molecule has 3 rings (SSSR count). The normalized spacial score (nSPS) is 20.0. The van der Waals surface area contributed by atoms with Crippen LogP contribution in [-0.4, -0.2) is 40.8 Å². The Kier molecular flexibility index (Phi) is 4.54. The molecule has 1 aliphatic heterocycles. The first-order valence-corrected chi connectivity index (χ1v) is 9.83. The monoisotopic (exact) mass is 338 g/mol. The predicted molar refractivity (Wildman–Crippen MR) is 85.3 cm³/mol. The highest BCUT2D eigenvalue weighted by atomic mass is 32.2. The molecule has 126 valence electrons. The Morgan fingerprint density at radius 1 is 1.39 bits per heavy atom. The zero-order valence-electron chi connectivity index (χ0n) is 13.5. The van der Waals surface area contributed by atoms with Crippen LogP contribution in [0.1, 0.15) is 42.7 Å². The third-order valence-corrected chi connectivity index (χ3v) is 4.96. The molecular formula is C15H22N4O3S. The van der Waals surface area contributed by atoms with E-state index in [9.17, 15) is 8.42 Å². The van der Waals surface area contributed by atoms with E-state index in [1.807, 2.05) is 0 Å². The van der Waals surface area contributed by atoms with Gasteiger partial charge in [0.25, 0.3) is 0 Å². The maximum Gasteiger partial charge on any atom is 0.240 e. The Hall–Kier alpha value is -1.67. The largest absolute Gasteiger partial charge is 0.353 e. The Morgan fingerprint density at radius 2 is 2.22 bits per heavy atom. The number of likely N-dealkylation sites (tertiary alicyclic amines) is 1. The average Bonchev–Trinajstić information content (AvgIpc) is 3.07. The van der Waals surface area contributed by atoms with Crippen LogP contribution in [-0.2, 0) is 29.2 Å². The number of aryl methyl sites for hydroxylation is 1. The van der Waals surface area contributed by atoms with E-state index in [1.54, 1.807) is 0 Å². The van der Waals surface area contributed by atoms with Gasteiger partial charge in [0.15, 0.2) is 15.7 Å². The first-order valence-electron chi connectivity index (χ1n) is 7.77. The van der Waals surface area contributed by atoms with Crippen LogP contribution < -0.4 is 0 Å². The van der Waals surface area contributed by atoms with Crippen molar-refractivity contribution in [3.63, 3.8) is 0 Å². The molecule has 0 spiro atoms. The number of rotatable bonds is 5. The highest BCUT2D eigenvalue weighted by Crippen LogP contribution is 2.31. The lowest BCUT2D eigenvalue weighted by molar-refractivity contribution is 0.119. The topological polar surface area (TPSA) is 81.2 Å². The van der Waals surface area contributed by atoms with Crippen molar-refractivity contribution in [1.29, 1.82) is 0 Å². The van der Waals surface area contributed by atoms with Crippen molar-refractivity contribution in [2.24, 2.45) is 7.05 Å². The summed E-state index contributed by atoms with van der Waals surface area (Å²) in [6.07, 6.45) is 6.67. The minimum absolute atomic E-state index is 0.183. The van der Waals surface area contributed by atoms with Gasteiger partial charge in [-0.2, -0.15) is 4.98 Å². The summed E-state index contributed by atoms with van der Waals surface area (Å²) in [6, 6.07) is 4.53. The van der Waals surface area contributed by atoms with E-state index >= 15 is 0 Å². The van der Waals surface area contributed by atoms with E-state index in [4.69, 9.17) is 4.52 Å². The maximum absolute atomic E-state index is 11.3. The smallest absolute Gasteiger partial charge is 0.240 e. The summed E-state index contributed by atoms with van der Waals surface area (Å²) >= 11 is 0. The lowest BCUT2D eigenvalue weighted by Gasteiger charge is -2.35. The first kappa shape index (κ1) is 16.2. The van der Waals surface area contributed by atoms with Crippen molar-refractivity contribution in [1.82, 2.24) is 19.6 Å². The number of piperidine rings is 1. The summed E-state index contributed by atoms with van der Waals surface area (Å²) in [4.78, 5) is 6.55. The second-order valence-electron chi connectivity index (χ2n) is 6.20. The molecule has 0 radical (unpaired) electrons. The van der Waals surface area contributed by atoms with E-state index in [1.165, 1.54) is 18.4 Å². The number of sulfone groups is 1. The van der Waals surface area contributed by atoms with Gasteiger partial charge in [-0.25, -0.2) is 8.42 Å². The summed E-state index contributed by atoms with van der Waals surface area (Å²) < 4.78 is 30.0. The summed E-state index contributed by atoms with van der Waals surface area (Å²) in [6.45, 7) is 1.52. The number of nitrogens with zero attached hydrogens (tertiary/aromatic N) is 4. The lowest BCUT2D eigenvalue weighted by Crippen LogP contribution is -2.34. The molecule has 2 aromatic rings. The maximum atomic E-state index is 11.3. The fourth-order valence-electron chi connectivity index (χ4n) is 3.16. The number of hydrogen-bond donors (Lipinski definition) is 0. The van der Waals surface area contributed by atoms with Gasteiger partial charge in [0.1, 0.15) is 5.75 Å². The summed E-state index contributed by atoms with van der Waals surface area (Å²) in [7, 11) is -1.10. The zero-order chi connectivity index (χ0) is 16.4. The van der Waals surface area contributed by atoms with E-state index in [0.29, 0.717) is 18.5 Å². The van der Waals surface area contributed by atoms with E-state index < -0.39 is 9.84 Å². The number of aromatic nitrogens is 3. The third kappa shape index (κ3) is 4.00. The summed E-state index contributed by atoms with van der Waals surface area (Å²) in [5.41, 5.74) is 1.28. The molecule has 1 atom stereocenters. The predicted octanol–water partition coefficient (Wildman–Crippen LogP) is 1.68. The van der Waals surface area contributed by atoms with Crippen LogP contribution in [0.25, 0.3) is 0 Å². The molecule has 7 nitrogen and oxygen atoms in total. The Bertz CT molecular complexity index is 765. The van der Waals surface area contributed by atoms with Crippen LogP contribution in [0.2, 0.25) is 0 Å². The SMILES string of the molecule is Cn1cccc1C1CCCCN1Cc1nc(CS(C)(=O)=O)no1. The van der Waals surface area contributed by atoms with Crippen molar-refractivity contribution in [3.05, 3.63) is 35.7 Å². The molecule has 0 aliphatic carbocycles. The molecule has 0 N–H and O–H groups in total. The Morgan fingerprint density at radius 3 is 2.91 bits per heavy atom. The molecule has 1 fully saturated rings. The van der Waals surface area contributed by atoms with Crippen molar-refractivity contribution >= 4 is 9.84 Å². The molecule has 8 heteroatoms. The van der Waals surface area contributed by atoms with Crippen LogP contribution in [0.3, 0.4) is 0 Å². The first-order chi connectivity index (χ1) is 10.9. The van der Waals surface area contributed by atoms with Gasteiger partial charge in [-0.1, -0.05) is 11.6 Å². The van der Waals surface area contributed by atoms with Crippen molar-refractivity contribution in [2.45, 2.75) is 37.6 Å². The van der Waals surface area contributed by atoms with Gasteiger partial charge >= 0.3 is 0 Å². The zero-order valence-corrected chi connectivity index (χ0v) is 14.3. The highest BCUT2D eigenvalue weighted by Gasteiger charge is 2.27. The molecule has 1 aliphatic rings. The molecule has 3 heterocycles. The van der Waals surface area contributed by atoms with E-state index in [-0.39, 0.29) is 11.6 Å².